The van der Waals surface area contributed by atoms with Crippen molar-refractivity contribution < 1.29 is 4.79 Å². The lowest BCUT2D eigenvalue weighted by Crippen LogP contribution is -2.33. The Balaban J connectivity index is 3.57. The van der Waals surface area contributed by atoms with Crippen molar-refractivity contribution in [3.8, 4) is 0 Å². The molecule has 0 bridgehead atoms. The van der Waals surface area contributed by atoms with Crippen molar-refractivity contribution in [2.45, 2.75) is 53.4 Å². The average Bonchev–Trinajstić information content (AvgIpc) is 2.37. The molecule has 0 aliphatic carbocycles. The highest BCUT2D eigenvalue weighted by molar-refractivity contribution is 5.94. The molecule has 0 spiro atoms. The Labute approximate surface area is 109 Å². The molecule has 0 N–H and O–H groups in total. The third-order valence-corrected chi connectivity index (χ3v) is 3.04. The lowest BCUT2D eigenvalue weighted by atomic mass is 10.0. The van der Waals surface area contributed by atoms with Gasteiger partial charge in [0.05, 0.1) is 0 Å². The second kappa shape index (κ2) is 6.48. The number of nitrogens with zero attached hydrogens (tertiary/aromatic N) is 1. The highest BCUT2D eigenvalue weighted by atomic mass is 16.1. The number of carbonyl (C=O) groups excluding carboxylic acids is 1. The van der Waals surface area contributed by atoms with Crippen LogP contribution < -0.4 is 10.4 Å². The molecule has 2 heteroatoms. The molecule has 1 aromatic rings. The van der Waals surface area contributed by atoms with E-state index in [4.69, 9.17) is 0 Å². The fraction of sp³-hybridized carbons (Fsp3) is 0.500. The molecule has 0 atom stereocenters. The number of rotatable bonds is 4. The summed E-state index contributed by atoms with van der Waals surface area (Å²) in [6.07, 6.45) is 5.46. The average molecular weight is 245 g/mol. The maximum absolute atomic E-state index is 12.2. The molecule has 1 aromatic heterocycles. The van der Waals surface area contributed by atoms with E-state index in [1.165, 1.54) is 0 Å². The monoisotopic (exact) mass is 245 g/mol. The Hall–Kier alpha value is -1.44. The minimum atomic E-state index is 0.149. The highest BCUT2D eigenvalue weighted by Crippen LogP contribution is 2.09. The number of Topliss-reactive ketones (excluding diaryl/α,β-unsaturated/α-hetero) is 1. The van der Waals surface area contributed by atoms with Crippen LogP contribution in [0.5, 0.6) is 0 Å². The first-order valence-corrected chi connectivity index (χ1v) is 6.71. The normalized spacial score (nSPS) is 13.4. The van der Waals surface area contributed by atoms with Crippen LogP contribution in [0, 0.1) is 0 Å². The molecule has 0 saturated heterocycles. The third-order valence-electron chi connectivity index (χ3n) is 3.04. The van der Waals surface area contributed by atoms with Gasteiger partial charge in [-0.15, -0.1) is 0 Å². The van der Waals surface area contributed by atoms with Gasteiger partial charge in [0.15, 0.2) is 5.78 Å². The summed E-state index contributed by atoms with van der Waals surface area (Å²) < 4.78 is 0. The van der Waals surface area contributed by atoms with Crippen LogP contribution in [0.3, 0.4) is 0 Å². The zero-order chi connectivity index (χ0) is 13.7. The van der Waals surface area contributed by atoms with Crippen LogP contribution >= 0.6 is 0 Å². The summed E-state index contributed by atoms with van der Waals surface area (Å²) >= 11 is 0. The molecule has 0 unspecified atom stereocenters. The van der Waals surface area contributed by atoms with E-state index in [-0.39, 0.29) is 5.78 Å². The summed E-state index contributed by atoms with van der Waals surface area (Å²) in [5.74, 6) is 0.485. The Kier molecular flexibility index (Phi) is 5.26. The molecule has 0 aliphatic rings. The standard InChI is InChI=1S/C16H23NO/c1-6-9-15(18)16-13(8-3)12(7-2)10-14(17-16)11(4)5/h7-8,10-11H,6,9H2,1-5H3/b12-7-,13-8+. The molecule has 0 aliphatic heterocycles. The topological polar surface area (TPSA) is 30.0 Å². The second-order valence-electron chi connectivity index (χ2n) is 4.80. The van der Waals surface area contributed by atoms with Crippen LogP contribution in [0.1, 0.15) is 69.6 Å². The van der Waals surface area contributed by atoms with Crippen molar-refractivity contribution in [2.24, 2.45) is 0 Å². The Morgan fingerprint density at radius 1 is 1.33 bits per heavy atom. The summed E-state index contributed by atoms with van der Waals surface area (Å²) in [6, 6.07) is 2.09. The van der Waals surface area contributed by atoms with Gasteiger partial charge in [0.2, 0.25) is 0 Å². The van der Waals surface area contributed by atoms with Crippen LogP contribution in [0.2, 0.25) is 0 Å². The second-order valence-corrected chi connectivity index (χ2v) is 4.80. The first-order chi connectivity index (χ1) is 8.54. The molecule has 18 heavy (non-hydrogen) atoms. The van der Waals surface area contributed by atoms with E-state index in [1.54, 1.807) is 0 Å². The van der Waals surface area contributed by atoms with Crippen molar-refractivity contribution in [1.82, 2.24) is 4.98 Å². The zero-order valence-corrected chi connectivity index (χ0v) is 12.1. The number of aromatic nitrogens is 1. The zero-order valence-electron chi connectivity index (χ0n) is 12.1. The molecule has 1 rings (SSSR count). The molecule has 0 saturated carbocycles. The van der Waals surface area contributed by atoms with Gasteiger partial charge < -0.3 is 0 Å². The fourth-order valence-corrected chi connectivity index (χ4v) is 1.99. The van der Waals surface area contributed by atoms with Gasteiger partial charge in [-0.05, 0) is 37.5 Å². The number of hydrogen-bond acceptors (Lipinski definition) is 2. The first-order valence-electron chi connectivity index (χ1n) is 6.71. The lowest BCUT2D eigenvalue weighted by molar-refractivity contribution is 0.0975. The summed E-state index contributed by atoms with van der Waals surface area (Å²) in [5, 5.41) is 2.08. The Bertz CT molecular complexity index is 541. The van der Waals surface area contributed by atoms with E-state index in [9.17, 15) is 4.79 Å². The van der Waals surface area contributed by atoms with Crippen LogP contribution in [-0.4, -0.2) is 10.8 Å². The molecule has 0 fully saturated rings. The molecule has 0 aromatic carbocycles. The summed E-state index contributed by atoms with van der Waals surface area (Å²) in [5.41, 5.74) is 1.63. The number of pyridine rings is 1. The maximum Gasteiger partial charge on any atom is 0.181 e. The van der Waals surface area contributed by atoms with Gasteiger partial charge in [0.1, 0.15) is 5.69 Å². The van der Waals surface area contributed by atoms with E-state index < -0.39 is 0 Å². The molecular formula is C16H23NO. The number of ketones is 1. The van der Waals surface area contributed by atoms with Crippen molar-refractivity contribution in [3.05, 3.63) is 27.9 Å². The van der Waals surface area contributed by atoms with Crippen LogP contribution in [-0.2, 0) is 0 Å². The molecule has 2 nitrogen and oxygen atoms in total. The smallest absolute Gasteiger partial charge is 0.181 e. The van der Waals surface area contributed by atoms with Gasteiger partial charge >= 0.3 is 0 Å². The van der Waals surface area contributed by atoms with Gasteiger partial charge in [-0.25, -0.2) is 4.98 Å². The Morgan fingerprint density at radius 2 is 2.00 bits per heavy atom. The summed E-state index contributed by atoms with van der Waals surface area (Å²) in [7, 11) is 0. The molecule has 1 heterocycles. The molecule has 98 valence electrons. The van der Waals surface area contributed by atoms with Gasteiger partial charge in [-0.2, -0.15) is 0 Å². The van der Waals surface area contributed by atoms with E-state index in [0.717, 1.165) is 22.6 Å². The minimum Gasteiger partial charge on any atom is -0.292 e. The van der Waals surface area contributed by atoms with Crippen molar-refractivity contribution in [3.63, 3.8) is 0 Å². The van der Waals surface area contributed by atoms with E-state index in [2.05, 4.69) is 24.9 Å². The SMILES string of the molecule is C/C=c1/cc(C(C)C)nc(C(=O)CCC)/c1=C/C. The van der Waals surface area contributed by atoms with Gasteiger partial charge in [-0.3, -0.25) is 4.79 Å². The van der Waals surface area contributed by atoms with Gasteiger partial charge in [0.25, 0.3) is 0 Å². The van der Waals surface area contributed by atoms with Gasteiger partial charge in [0, 0.05) is 17.3 Å². The fourth-order valence-electron chi connectivity index (χ4n) is 1.99. The molecule has 0 radical (unpaired) electrons. The number of hydrogen-bond donors (Lipinski definition) is 0. The predicted octanol–water partition coefficient (Wildman–Crippen LogP) is 2.79. The Morgan fingerprint density at radius 3 is 2.44 bits per heavy atom. The largest absolute Gasteiger partial charge is 0.292 e. The first kappa shape index (κ1) is 14.6. The minimum absolute atomic E-state index is 0.149. The molecular weight excluding hydrogens is 222 g/mol. The van der Waals surface area contributed by atoms with E-state index in [0.29, 0.717) is 18.0 Å². The maximum atomic E-state index is 12.2. The van der Waals surface area contributed by atoms with E-state index >= 15 is 0 Å². The quantitative estimate of drug-likeness (QED) is 0.763. The van der Waals surface area contributed by atoms with Crippen molar-refractivity contribution in [1.29, 1.82) is 0 Å². The predicted molar refractivity (Wildman–Crippen MR) is 77.1 cm³/mol. The summed E-state index contributed by atoms with van der Waals surface area (Å²) in [4.78, 5) is 16.7. The van der Waals surface area contributed by atoms with Crippen LogP contribution in [0.15, 0.2) is 6.07 Å². The third kappa shape index (κ3) is 3.06. The highest BCUT2D eigenvalue weighted by Gasteiger charge is 2.12. The van der Waals surface area contributed by atoms with Gasteiger partial charge in [-0.1, -0.05) is 32.9 Å². The number of carbonyl (C=O) groups is 1. The van der Waals surface area contributed by atoms with Crippen molar-refractivity contribution in [2.75, 3.05) is 0 Å². The van der Waals surface area contributed by atoms with Crippen molar-refractivity contribution >= 4 is 17.9 Å². The lowest BCUT2D eigenvalue weighted by Gasteiger charge is -2.08. The van der Waals surface area contributed by atoms with Crippen LogP contribution in [0.25, 0.3) is 12.2 Å². The summed E-state index contributed by atoms with van der Waals surface area (Å²) in [6.45, 7) is 10.2. The molecule has 0 amide bonds. The van der Waals surface area contributed by atoms with E-state index in [1.807, 2.05) is 32.9 Å². The van der Waals surface area contributed by atoms with Crippen LogP contribution in [0.4, 0.5) is 0 Å².